The number of amides is 1. The predicted molar refractivity (Wildman–Crippen MR) is 81.2 cm³/mol. The van der Waals surface area contributed by atoms with Gasteiger partial charge < -0.3 is 10.6 Å². The number of nitrogens with zero attached hydrogens (tertiary/aromatic N) is 1. The summed E-state index contributed by atoms with van der Waals surface area (Å²) >= 11 is 0. The molecular formula is C17H30N2O. The summed E-state index contributed by atoms with van der Waals surface area (Å²) in [4.78, 5) is 14.9. The molecule has 1 aliphatic heterocycles. The highest BCUT2D eigenvalue weighted by Crippen LogP contribution is 2.36. The zero-order valence-corrected chi connectivity index (χ0v) is 12.7. The minimum absolute atomic E-state index is 0.339. The van der Waals surface area contributed by atoms with Crippen molar-refractivity contribution in [2.75, 3.05) is 6.54 Å². The van der Waals surface area contributed by atoms with E-state index in [1.165, 1.54) is 51.4 Å². The fourth-order valence-electron chi connectivity index (χ4n) is 4.82. The van der Waals surface area contributed by atoms with Crippen molar-refractivity contribution in [1.82, 2.24) is 4.90 Å². The van der Waals surface area contributed by atoms with E-state index in [1.807, 2.05) is 0 Å². The molecule has 3 rings (SSSR count). The first-order valence-electron chi connectivity index (χ1n) is 8.79. The molecule has 3 heteroatoms. The molecule has 0 spiro atoms. The van der Waals surface area contributed by atoms with Gasteiger partial charge in [0.05, 0.1) is 0 Å². The number of hydrogen-bond acceptors (Lipinski definition) is 2. The summed E-state index contributed by atoms with van der Waals surface area (Å²) in [5.41, 5.74) is 6.06. The Bertz CT molecular complexity index is 338. The SMILES string of the molecule is NC1CCCC(CC(=O)N2CCCC2C2CCCC2)C1. The van der Waals surface area contributed by atoms with Crippen molar-refractivity contribution < 1.29 is 4.79 Å². The molecule has 1 saturated heterocycles. The Morgan fingerprint density at radius 2 is 1.80 bits per heavy atom. The van der Waals surface area contributed by atoms with E-state index < -0.39 is 0 Å². The molecule has 2 aliphatic carbocycles. The van der Waals surface area contributed by atoms with Crippen molar-refractivity contribution in [3.8, 4) is 0 Å². The molecule has 114 valence electrons. The van der Waals surface area contributed by atoms with Gasteiger partial charge in [-0.25, -0.2) is 0 Å². The van der Waals surface area contributed by atoms with Crippen LogP contribution in [0.5, 0.6) is 0 Å². The molecule has 0 radical (unpaired) electrons. The lowest BCUT2D eigenvalue weighted by Crippen LogP contribution is -2.41. The van der Waals surface area contributed by atoms with Crippen LogP contribution in [0.15, 0.2) is 0 Å². The predicted octanol–water partition coefficient (Wildman–Crippen LogP) is 3.08. The highest BCUT2D eigenvalue weighted by Gasteiger charge is 2.36. The fraction of sp³-hybridized carbons (Fsp3) is 0.941. The van der Waals surface area contributed by atoms with E-state index >= 15 is 0 Å². The standard InChI is InChI=1S/C17H30N2O/c18-15-8-3-5-13(11-15)12-17(20)19-10-4-9-16(19)14-6-1-2-7-14/h13-16H,1-12,18H2. The third-order valence-electron chi connectivity index (χ3n) is 5.85. The minimum atomic E-state index is 0.339. The van der Waals surface area contributed by atoms with E-state index in [4.69, 9.17) is 5.73 Å². The quantitative estimate of drug-likeness (QED) is 0.862. The van der Waals surface area contributed by atoms with Crippen molar-refractivity contribution in [3.05, 3.63) is 0 Å². The Kier molecular flexibility index (Phi) is 4.65. The lowest BCUT2D eigenvalue weighted by Gasteiger charge is -2.32. The van der Waals surface area contributed by atoms with E-state index in [2.05, 4.69) is 4.90 Å². The molecule has 2 N–H and O–H groups in total. The highest BCUT2D eigenvalue weighted by molar-refractivity contribution is 5.77. The molecule has 3 atom stereocenters. The Labute approximate surface area is 123 Å². The molecule has 2 saturated carbocycles. The monoisotopic (exact) mass is 278 g/mol. The molecule has 0 aromatic rings. The first-order valence-corrected chi connectivity index (χ1v) is 8.79. The fourth-order valence-corrected chi connectivity index (χ4v) is 4.82. The van der Waals surface area contributed by atoms with Crippen molar-refractivity contribution in [1.29, 1.82) is 0 Å². The van der Waals surface area contributed by atoms with E-state index in [9.17, 15) is 4.79 Å². The summed E-state index contributed by atoms with van der Waals surface area (Å²) in [5.74, 6) is 1.78. The molecular weight excluding hydrogens is 248 g/mol. The second-order valence-electron chi connectivity index (χ2n) is 7.34. The molecule has 1 heterocycles. The van der Waals surface area contributed by atoms with Crippen LogP contribution >= 0.6 is 0 Å². The van der Waals surface area contributed by atoms with Gasteiger partial charge in [-0.15, -0.1) is 0 Å². The van der Waals surface area contributed by atoms with Crippen molar-refractivity contribution in [2.45, 2.75) is 82.7 Å². The maximum Gasteiger partial charge on any atom is 0.223 e. The van der Waals surface area contributed by atoms with Crippen LogP contribution in [-0.2, 0) is 4.79 Å². The van der Waals surface area contributed by atoms with Gasteiger partial charge in [-0.3, -0.25) is 4.79 Å². The van der Waals surface area contributed by atoms with Gasteiger partial charge in [-0.05, 0) is 56.8 Å². The Hall–Kier alpha value is -0.570. The van der Waals surface area contributed by atoms with Gasteiger partial charge in [0.15, 0.2) is 0 Å². The van der Waals surface area contributed by atoms with Gasteiger partial charge in [-0.1, -0.05) is 19.3 Å². The largest absolute Gasteiger partial charge is 0.339 e. The van der Waals surface area contributed by atoms with Gasteiger partial charge in [0.2, 0.25) is 5.91 Å². The number of rotatable bonds is 3. The average Bonchev–Trinajstić information content (AvgIpc) is 3.09. The number of carbonyl (C=O) groups is 1. The highest BCUT2D eigenvalue weighted by atomic mass is 16.2. The van der Waals surface area contributed by atoms with E-state index in [1.54, 1.807) is 0 Å². The van der Waals surface area contributed by atoms with Crippen LogP contribution in [0.3, 0.4) is 0 Å². The lowest BCUT2D eigenvalue weighted by atomic mass is 9.83. The molecule has 3 fully saturated rings. The summed E-state index contributed by atoms with van der Waals surface area (Å²) in [7, 11) is 0. The van der Waals surface area contributed by atoms with Gasteiger partial charge in [0.25, 0.3) is 0 Å². The maximum absolute atomic E-state index is 12.7. The minimum Gasteiger partial charge on any atom is -0.339 e. The van der Waals surface area contributed by atoms with Crippen LogP contribution in [0, 0.1) is 11.8 Å². The lowest BCUT2D eigenvalue weighted by molar-refractivity contribution is -0.134. The van der Waals surface area contributed by atoms with E-state index in [-0.39, 0.29) is 0 Å². The third-order valence-corrected chi connectivity index (χ3v) is 5.85. The summed E-state index contributed by atoms with van der Waals surface area (Å²) in [6, 6.07) is 0.910. The van der Waals surface area contributed by atoms with Crippen molar-refractivity contribution >= 4 is 5.91 Å². The smallest absolute Gasteiger partial charge is 0.223 e. The first kappa shape index (κ1) is 14.4. The molecule has 0 aromatic heterocycles. The molecule has 0 aromatic carbocycles. The summed E-state index contributed by atoms with van der Waals surface area (Å²) in [6.07, 6.45) is 13.3. The maximum atomic E-state index is 12.7. The van der Waals surface area contributed by atoms with E-state index in [0.29, 0.717) is 23.9 Å². The molecule has 20 heavy (non-hydrogen) atoms. The topological polar surface area (TPSA) is 46.3 Å². The van der Waals surface area contributed by atoms with Gasteiger partial charge in [0.1, 0.15) is 0 Å². The van der Waals surface area contributed by atoms with Crippen LogP contribution in [0.4, 0.5) is 0 Å². The molecule has 3 nitrogen and oxygen atoms in total. The normalized spacial score (nSPS) is 35.6. The Morgan fingerprint density at radius 1 is 1.00 bits per heavy atom. The van der Waals surface area contributed by atoms with Crippen LogP contribution in [-0.4, -0.2) is 29.4 Å². The van der Waals surface area contributed by atoms with Crippen LogP contribution < -0.4 is 5.73 Å². The van der Waals surface area contributed by atoms with Crippen molar-refractivity contribution in [3.63, 3.8) is 0 Å². The zero-order chi connectivity index (χ0) is 13.9. The molecule has 0 bridgehead atoms. The van der Waals surface area contributed by atoms with Crippen LogP contribution in [0.25, 0.3) is 0 Å². The summed E-state index contributed by atoms with van der Waals surface area (Å²) in [5, 5.41) is 0. The second-order valence-corrected chi connectivity index (χ2v) is 7.34. The van der Waals surface area contributed by atoms with Crippen molar-refractivity contribution in [2.24, 2.45) is 17.6 Å². The number of carbonyl (C=O) groups excluding carboxylic acids is 1. The van der Waals surface area contributed by atoms with Crippen LogP contribution in [0.1, 0.15) is 70.6 Å². The average molecular weight is 278 g/mol. The summed E-state index contributed by atoms with van der Waals surface area (Å²) in [6.45, 7) is 1.01. The molecule has 3 unspecified atom stereocenters. The summed E-state index contributed by atoms with van der Waals surface area (Å²) < 4.78 is 0. The van der Waals surface area contributed by atoms with Gasteiger partial charge in [-0.2, -0.15) is 0 Å². The number of hydrogen-bond donors (Lipinski definition) is 1. The zero-order valence-electron chi connectivity index (χ0n) is 12.7. The third kappa shape index (κ3) is 3.19. The van der Waals surface area contributed by atoms with Gasteiger partial charge >= 0.3 is 0 Å². The first-order chi connectivity index (χ1) is 9.74. The number of likely N-dealkylation sites (tertiary alicyclic amines) is 1. The molecule has 3 aliphatic rings. The number of nitrogens with two attached hydrogens (primary N) is 1. The van der Waals surface area contributed by atoms with E-state index in [0.717, 1.165) is 31.7 Å². The Morgan fingerprint density at radius 3 is 2.55 bits per heavy atom. The Balaban J connectivity index is 1.55. The van der Waals surface area contributed by atoms with Crippen LogP contribution in [0.2, 0.25) is 0 Å². The molecule has 1 amide bonds. The van der Waals surface area contributed by atoms with Gasteiger partial charge in [0, 0.05) is 25.0 Å². The second kappa shape index (κ2) is 6.46.